The molecule has 4 aliphatic rings. The van der Waals surface area contributed by atoms with E-state index in [-0.39, 0.29) is 23.2 Å². The molecule has 0 saturated heterocycles. The number of carbonyl (C=O) groups excluding carboxylic acids is 3. The lowest BCUT2D eigenvalue weighted by Gasteiger charge is -2.59. The normalized spacial score (nSPS) is 36.0. The molecule has 42 heavy (non-hydrogen) atoms. The Hall–Kier alpha value is -2.75. The van der Waals surface area contributed by atoms with Crippen LogP contribution in [0.5, 0.6) is 0 Å². The van der Waals surface area contributed by atoms with Crippen LogP contribution in [0.25, 0.3) is 0 Å². The van der Waals surface area contributed by atoms with Gasteiger partial charge in [0.05, 0.1) is 5.71 Å². The molecule has 2 amide bonds. The van der Waals surface area contributed by atoms with E-state index in [1.807, 2.05) is 6.92 Å². The van der Waals surface area contributed by atoms with Crippen molar-refractivity contribution in [3.8, 4) is 0 Å². The quantitative estimate of drug-likeness (QED) is 0.267. The number of carboxylic acids is 1. The maximum absolute atomic E-state index is 12.5. The van der Waals surface area contributed by atoms with Crippen LogP contribution in [-0.4, -0.2) is 63.8 Å². The number of ketones is 1. The third-order valence-corrected chi connectivity index (χ3v) is 11.3. The molecular weight excluding hydrogens is 538 g/mol. The SMILES string of the molecule is CCCC[C@H](NC(=O)[C@H](C)NC(=O)CO/N=C1/C=C2CC[C@@H]3[C@H](CC[C@@]4(C)[C@H]3CC[C@]4(O)C(C)=O)[C@@]2(C)CC1)C(=O)O. The smallest absolute Gasteiger partial charge is 0.326 e. The average Bonchev–Trinajstić information content (AvgIpc) is 3.22. The van der Waals surface area contributed by atoms with Gasteiger partial charge in [0.2, 0.25) is 5.91 Å². The number of hydrogen-bond donors (Lipinski definition) is 4. The van der Waals surface area contributed by atoms with Crippen molar-refractivity contribution in [1.82, 2.24) is 10.6 Å². The highest BCUT2D eigenvalue weighted by molar-refractivity contribution is 5.96. The van der Waals surface area contributed by atoms with Gasteiger partial charge < -0.3 is 25.7 Å². The number of amides is 2. The second-order valence-corrected chi connectivity index (χ2v) is 13.6. The number of oxime groups is 1. The first-order valence-electron chi connectivity index (χ1n) is 15.7. The van der Waals surface area contributed by atoms with Crippen molar-refractivity contribution in [3.63, 3.8) is 0 Å². The highest BCUT2D eigenvalue weighted by atomic mass is 16.6. The summed E-state index contributed by atoms with van der Waals surface area (Å²) in [6, 6.07) is -1.90. The number of allylic oxidation sites excluding steroid dienone is 2. The molecule has 4 aliphatic carbocycles. The zero-order valence-electron chi connectivity index (χ0n) is 25.8. The van der Waals surface area contributed by atoms with E-state index < -0.39 is 35.5 Å². The Kier molecular flexibility index (Phi) is 9.55. The maximum atomic E-state index is 12.5. The molecule has 0 unspecified atom stereocenters. The second-order valence-electron chi connectivity index (χ2n) is 13.6. The van der Waals surface area contributed by atoms with E-state index in [1.165, 1.54) is 12.5 Å². The molecule has 234 valence electrons. The fourth-order valence-corrected chi connectivity index (χ4v) is 8.72. The summed E-state index contributed by atoms with van der Waals surface area (Å²) in [7, 11) is 0. The van der Waals surface area contributed by atoms with Gasteiger partial charge >= 0.3 is 5.97 Å². The summed E-state index contributed by atoms with van der Waals surface area (Å²) >= 11 is 0. The number of carbonyl (C=O) groups is 4. The molecule has 0 spiro atoms. The minimum atomic E-state index is -1.20. The van der Waals surface area contributed by atoms with Gasteiger partial charge in [0.1, 0.15) is 17.7 Å². The fraction of sp³-hybridized carbons (Fsp3) is 0.781. The van der Waals surface area contributed by atoms with Crippen LogP contribution in [0.4, 0.5) is 0 Å². The van der Waals surface area contributed by atoms with Gasteiger partial charge in [-0.25, -0.2) is 4.79 Å². The molecule has 0 aliphatic heterocycles. The summed E-state index contributed by atoms with van der Waals surface area (Å²) in [6.45, 7) is 9.14. The Morgan fingerprint density at radius 1 is 1.07 bits per heavy atom. The van der Waals surface area contributed by atoms with Gasteiger partial charge in [-0.3, -0.25) is 14.4 Å². The maximum Gasteiger partial charge on any atom is 0.326 e. The number of carboxylic acid groups (broad SMARTS) is 1. The topological polar surface area (TPSA) is 154 Å². The molecule has 3 fully saturated rings. The van der Waals surface area contributed by atoms with E-state index >= 15 is 0 Å². The number of unbranched alkanes of at least 4 members (excludes halogenated alkanes) is 1. The summed E-state index contributed by atoms with van der Waals surface area (Å²) < 4.78 is 0. The number of fused-ring (bicyclic) bond motifs is 5. The van der Waals surface area contributed by atoms with Crippen molar-refractivity contribution in [2.24, 2.45) is 33.7 Å². The molecule has 10 heteroatoms. The summed E-state index contributed by atoms with van der Waals surface area (Å²) in [5, 5.41) is 29.9. The first kappa shape index (κ1) is 32.2. The van der Waals surface area contributed by atoms with E-state index in [2.05, 4.69) is 35.7 Å². The van der Waals surface area contributed by atoms with Crippen LogP contribution < -0.4 is 10.6 Å². The minimum absolute atomic E-state index is 0.0469. The Bertz CT molecular complexity index is 1150. The predicted molar refractivity (Wildman–Crippen MR) is 157 cm³/mol. The largest absolute Gasteiger partial charge is 0.480 e. The zero-order chi connectivity index (χ0) is 30.9. The summed E-state index contributed by atoms with van der Waals surface area (Å²) in [5.41, 5.74) is 0.662. The van der Waals surface area contributed by atoms with Crippen molar-refractivity contribution >= 4 is 29.3 Å². The van der Waals surface area contributed by atoms with E-state index in [1.54, 1.807) is 6.92 Å². The Labute approximate surface area is 249 Å². The van der Waals surface area contributed by atoms with E-state index in [0.717, 1.165) is 57.1 Å². The molecular formula is C32H49N3O7. The molecule has 0 bridgehead atoms. The predicted octanol–water partition coefficient (Wildman–Crippen LogP) is 3.91. The van der Waals surface area contributed by atoms with Crippen molar-refractivity contribution < 1.29 is 34.2 Å². The Morgan fingerprint density at radius 3 is 2.45 bits per heavy atom. The molecule has 0 aromatic rings. The molecule has 0 heterocycles. The fourth-order valence-electron chi connectivity index (χ4n) is 8.72. The third kappa shape index (κ3) is 5.88. The lowest BCUT2D eigenvalue weighted by molar-refractivity contribution is -0.159. The summed E-state index contributed by atoms with van der Waals surface area (Å²) in [6.07, 6.45) is 11.0. The standard InChI is InChI=1S/C32H49N3O7/c1-6-7-8-26(29(39)40)34-28(38)19(2)33-27(37)18-42-35-22-11-14-30(4)21(17-22)9-10-23-24(30)12-15-31(5)25(23)13-16-32(31,41)20(3)36/h17,19,23-26,41H,6-16,18H2,1-5H3,(H,33,37)(H,34,38)(H,39,40)/b35-22+/t19-,23+,24-,25-,26-,30-,31-,32-/m0/s1. The van der Waals surface area contributed by atoms with Crippen molar-refractivity contribution in [2.75, 3.05) is 6.61 Å². The van der Waals surface area contributed by atoms with Gasteiger partial charge in [0.25, 0.3) is 5.91 Å². The first-order valence-corrected chi connectivity index (χ1v) is 15.7. The molecule has 10 nitrogen and oxygen atoms in total. The Morgan fingerprint density at radius 2 is 1.79 bits per heavy atom. The van der Waals surface area contributed by atoms with Gasteiger partial charge in [0, 0.05) is 5.41 Å². The molecule has 4 N–H and O–H groups in total. The Balaban J connectivity index is 1.32. The molecule has 4 rings (SSSR count). The second kappa shape index (κ2) is 12.5. The first-order chi connectivity index (χ1) is 19.8. The van der Waals surface area contributed by atoms with Crippen molar-refractivity contribution in [1.29, 1.82) is 0 Å². The lowest BCUT2D eigenvalue weighted by Crippen LogP contribution is -2.57. The summed E-state index contributed by atoms with van der Waals surface area (Å²) in [4.78, 5) is 54.0. The summed E-state index contributed by atoms with van der Waals surface area (Å²) in [5.74, 6) is -0.895. The molecule has 0 aromatic carbocycles. The number of nitrogens with zero attached hydrogens (tertiary/aromatic N) is 1. The van der Waals surface area contributed by atoms with E-state index in [9.17, 15) is 29.4 Å². The molecule has 3 saturated carbocycles. The number of aliphatic hydroxyl groups is 1. The van der Waals surface area contributed by atoms with Crippen LogP contribution in [-0.2, 0) is 24.0 Å². The van der Waals surface area contributed by atoms with Crippen LogP contribution in [0.1, 0.15) is 105 Å². The monoisotopic (exact) mass is 587 g/mol. The van der Waals surface area contributed by atoms with Gasteiger partial charge in [-0.2, -0.15) is 0 Å². The van der Waals surface area contributed by atoms with E-state index in [4.69, 9.17) is 4.84 Å². The van der Waals surface area contributed by atoms with Crippen molar-refractivity contribution in [2.45, 2.75) is 123 Å². The van der Waals surface area contributed by atoms with Crippen LogP contribution in [0.15, 0.2) is 16.8 Å². The molecule has 0 radical (unpaired) electrons. The number of nitrogens with one attached hydrogen (secondary N) is 2. The van der Waals surface area contributed by atoms with Crippen LogP contribution >= 0.6 is 0 Å². The van der Waals surface area contributed by atoms with Crippen LogP contribution in [0, 0.1) is 28.6 Å². The lowest BCUT2D eigenvalue weighted by atomic mass is 9.46. The van der Waals surface area contributed by atoms with E-state index in [0.29, 0.717) is 37.0 Å². The number of aliphatic carboxylic acids is 1. The van der Waals surface area contributed by atoms with Crippen LogP contribution in [0.3, 0.4) is 0 Å². The highest BCUT2D eigenvalue weighted by Gasteiger charge is 2.65. The van der Waals surface area contributed by atoms with Gasteiger partial charge in [0.15, 0.2) is 12.4 Å². The van der Waals surface area contributed by atoms with Crippen LogP contribution in [0.2, 0.25) is 0 Å². The highest BCUT2D eigenvalue weighted by Crippen LogP contribution is 2.67. The average molecular weight is 588 g/mol. The van der Waals surface area contributed by atoms with Gasteiger partial charge in [-0.1, -0.05) is 44.3 Å². The van der Waals surface area contributed by atoms with Gasteiger partial charge in [-0.15, -0.1) is 0 Å². The number of rotatable bonds is 11. The molecule has 0 aromatic heterocycles. The number of Topliss-reactive ketones (excluding diaryl/α,β-unsaturated/α-hetero) is 1. The minimum Gasteiger partial charge on any atom is -0.480 e. The zero-order valence-corrected chi connectivity index (χ0v) is 25.8. The molecule has 8 atom stereocenters. The van der Waals surface area contributed by atoms with Gasteiger partial charge in [-0.05, 0) is 101 Å². The third-order valence-electron chi connectivity index (χ3n) is 11.3. The number of hydrogen-bond acceptors (Lipinski definition) is 7. The van der Waals surface area contributed by atoms with Crippen molar-refractivity contribution in [3.05, 3.63) is 11.6 Å².